The third kappa shape index (κ3) is 9.77. The molecule has 0 saturated heterocycles. The quantitative estimate of drug-likeness (QED) is 0.279. The number of nitrogens with one attached hydrogen (secondary N) is 3. The first kappa shape index (κ1) is 29.0. The Hall–Kier alpha value is -3.27. The van der Waals surface area contributed by atoms with Gasteiger partial charge in [-0.05, 0) is 55.2 Å². The lowest BCUT2D eigenvalue weighted by Gasteiger charge is -2.23. The molecule has 0 radical (unpaired) electrons. The van der Waals surface area contributed by atoms with Crippen LogP contribution in [0.3, 0.4) is 0 Å². The lowest BCUT2D eigenvalue weighted by molar-refractivity contribution is -0.130. The van der Waals surface area contributed by atoms with Gasteiger partial charge in [-0.15, -0.1) is 0 Å². The van der Waals surface area contributed by atoms with Crippen molar-refractivity contribution in [2.24, 2.45) is 5.73 Å². The van der Waals surface area contributed by atoms with E-state index in [9.17, 15) is 22.8 Å². The van der Waals surface area contributed by atoms with E-state index < -0.39 is 39.8 Å². The first-order valence-corrected chi connectivity index (χ1v) is 13.6. The zero-order valence-corrected chi connectivity index (χ0v) is 22.1. The van der Waals surface area contributed by atoms with Crippen LogP contribution in [0.2, 0.25) is 0 Å². The van der Waals surface area contributed by atoms with Gasteiger partial charge >= 0.3 is 0 Å². The molecule has 192 valence electrons. The molecule has 2 aromatic rings. The van der Waals surface area contributed by atoms with Gasteiger partial charge in [-0.1, -0.05) is 40.2 Å². The maximum atomic E-state index is 13.2. The Bertz CT molecular complexity index is 1230. The largest absolute Gasteiger partial charge is 0.370 e. The van der Waals surface area contributed by atoms with Crippen LogP contribution < -0.4 is 21.1 Å². The normalized spacial score (nSPS) is 12.7. The molecule has 5 N–H and O–H groups in total. The van der Waals surface area contributed by atoms with Crippen molar-refractivity contribution in [3.05, 3.63) is 69.7 Å². The fourth-order valence-electron chi connectivity index (χ4n) is 3.22. The second-order valence-electron chi connectivity index (χ2n) is 8.00. The molecule has 3 amide bonds. The Kier molecular flexibility index (Phi) is 11.0. The van der Waals surface area contributed by atoms with Gasteiger partial charge in [-0.25, -0.2) is 13.1 Å². The van der Waals surface area contributed by atoms with Gasteiger partial charge in [-0.2, -0.15) is 5.26 Å². The summed E-state index contributed by atoms with van der Waals surface area (Å²) in [6, 6.07) is 13.4. The van der Waals surface area contributed by atoms with Crippen LogP contribution in [0.4, 0.5) is 0 Å². The van der Waals surface area contributed by atoms with Crippen LogP contribution in [0.1, 0.15) is 36.5 Å². The van der Waals surface area contributed by atoms with Gasteiger partial charge < -0.3 is 16.4 Å². The van der Waals surface area contributed by atoms with Gasteiger partial charge in [0.1, 0.15) is 12.1 Å². The molecule has 0 bridgehead atoms. The van der Waals surface area contributed by atoms with Crippen molar-refractivity contribution in [3.8, 4) is 6.07 Å². The van der Waals surface area contributed by atoms with E-state index >= 15 is 0 Å². The molecule has 0 aliphatic carbocycles. The minimum Gasteiger partial charge on any atom is -0.370 e. The molecule has 10 nitrogen and oxygen atoms in total. The number of halogens is 1. The summed E-state index contributed by atoms with van der Waals surface area (Å²) in [6.07, 6.45) is -0.184. The second-order valence-corrected chi connectivity index (χ2v) is 11.0. The second kappa shape index (κ2) is 13.7. The smallest absolute Gasteiger partial charge is 0.242 e. The summed E-state index contributed by atoms with van der Waals surface area (Å²) < 4.78 is 27.6. The minimum absolute atomic E-state index is 0.0416. The molecule has 0 spiro atoms. The van der Waals surface area contributed by atoms with Gasteiger partial charge in [0.15, 0.2) is 0 Å². The van der Waals surface area contributed by atoms with E-state index in [1.165, 1.54) is 6.92 Å². The fourth-order valence-corrected chi connectivity index (χ4v) is 4.46. The van der Waals surface area contributed by atoms with Crippen LogP contribution in [0.5, 0.6) is 0 Å². The lowest BCUT2D eigenvalue weighted by Crippen LogP contribution is -2.54. The molecule has 0 saturated carbocycles. The summed E-state index contributed by atoms with van der Waals surface area (Å²) in [7, 11) is -3.75. The summed E-state index contributed by atoms with van der Waals surface area (Å²) in [5.74, 6) is -2.15. The summed E-state index contributed by atoms with van der Waals surface area (Å²) in [6.45, 7) is 1.57. The molecular formula is C24H28BrN5O5S. The molecule has 2 aromatic carbocycles. The average molecular weight is 578 g/mol. The van der Waals surface area contributed by atoms with E-state index in [0.717, 1.165) is 10.0 Å². The van der Waals surface area contributed by atoms with Crippen LogP contribution in [-0.2, 0) is 37.4 Å². The Labute approximate surface area is 218 Å². The Balaban J connectivity index is 2.18. The highest BCUT2D eigenvalue weighted by atomic mass is 79.9. The maximum Gasteiger partial charge on any atom is 0.242 e. The maximum absolute atomic E-state index is 13.2. The van der Waals surface area contributed by atoms with Crippen molar-refractivity contribution < 1.29 is 22.8 Å². The monoisotopic (exact) mass is 577 g/mol. The molecule has 0 aliphatic heterocycles. The van der Waals surface area contributed by atoms with Gasteiger partial charge in [-0.3, -0.25) is 14.4 Å². The Morgan fingerprint density at radius 1 is 1.06 bits per heavy atom. The van der Waals surface area contributed by atoms with Crippen LogP contribution in [0.15, 0.2) is 53.0 Å². The van der Waals surface area contributed by atoms with Crippen molar-refractivity contribution in [1.29, 1.82) is 5.26 Å². The van der Waals surface area contributed by atoms with E-state index in [1.807, 2.05) is 6.07 Å². The molecule has 2 rings (SSSR count). The van der Waals surface area contributed by atoms with Crippen molar-refractivity contribution >= 4 is 43.7 Å². The Morgan fingerprint density at radius 2 is 1.75 bits per heavy atom. The molecule has 36 heavy (non-hydrogen) atoms. The third-order valence-corrected chi connectivity index (χ3v) is 7.11. The first-order valence-electron chi connectivity index (χ1n) is 11.1. The highest BCUT2D eigenvalue weighted by Gasteiger charge is 2.28. The number of sulfonamides is 1. The number of hydrogen-bond acceptors (Lipinski definition) is 6. The van der Waals surface area contributed by atoms with Crippen LogP contribution in [0, 0.1) is 11.3 Å². The lowest BCUT2D eigenvalue weighted by atomic mass is 10.0. The minimum atomic E-state index is -3.75. The fraction of sp³-hybridized carbons (Fsp3) is 0.333. The average Bonchev–Trinajstić information content (AvgIpc) is 2.84. The number of rotatable bonds is 13. The molecule has 12 heteroatoms. The number of benzene rings is 2. The standard InChI is InChI=1S/C24H28BrN5O5S/c1-2-36(34,35)30-21(13-18-4-3-5-19(25)12-18)24(33)29-20(10-11-22(27)31)23(32)28-15-17-8-6-16(14-26)7-9-17/h3-9,12,20-21,30H,2,10-11,13,15H2,1H3,(H2,27,31)(H,28,32)(H,29,33)/t20-,21+/m0/s1. The summed E-state index contributed by atoms with van der Waals surface area (Å²) in [4.78, 5) is 37.4. The van der Waals surface area contributed by atoms with Gasteiger partial charge in [0.25, 0.3) is 0 Å². The molecule has 0 heterocycles. The number of nitrogens with two attached hydrogens (primary N) is 1. The van der Waals surface area contributed by atoms with E-state index in [4.69, 9.17) is 11.0 Å². The SMILES string of the molecule is CCS(=O)(=O)N[C@H](Cc1cccc(Br)c1)C(=O)N[C@@H](CCC(N)=O)C(=O)NCc1ccc(C#N)cc1. The summed E-state index contributed by atoms with van der Waals surface area (Å²) in [5, 5.41) is 14.2. The molecule has 0 unspecified atom stereocenters. The number of carbonyl (C=O) groups excluding carboxylic acids is 3. The first-order chi connectivity index (χ1) is 17.0. The van der Waals surface area contributed by atoms with Gasteiger partial charge in [0, 0.05) is 17.4 Å². The summed E-state index contributed by atoms with van der Waals surface area (Å²) in [5.41, 5.74) is 7.13. The molecule has 0 aromatic heterocycles. The zero-order valence-electron chi connectivity index (χ0n) is 19.7. The highest BCUT2D eigenvalue weighted by Crippen LogP contribution is 2.14. The number of primary amides is 1. The van der Waals surface area contributed by atoms with Crippen molar-refractivity contribution in [3.63, 3.8) is 0 Å². The van der Waals surface area contributed by atoms with Gasteiger partial charge in [0.2, 0.25) is 27.7 Å². The number of hydrogen-bond donors (Lipinski definition) is 4. The number of amides is 3. The van der Waals surface area contributed by atoms with Gasteiger partial charge in [0.05, 0.1) is 17.4 Å². The van der Waals surface area contributed by atoms with Crippen LogP contribution in [0.25, 0.3) is 0 Å². The number of carbonyl (C=O) groups is 3. The highest BCUT2D eigenvalue weighted by molar-refractivity contribution is 9.10. The van der Waals surface area contributed by atoms with E-state index in [0.29, 0.717) is 11.1 Å². The molecule has 0 fully saturated rings. The van der Waals surface area contributed by atoms with Crippen molar-refractivity contribution in [1.82, 2.24) is 15.4 Å². The van der Waals surface area contributed by atoms with E-state index in [1.54, 1.807) is 48.5 Å². The van der Waals surface area contributed by atoms with Crippen molar-refractivity contribution in [2.75, 3.05) is 5.75 Å². The molecule has 0 aliphatic rings. The molecular weight excluding hydrogens is 550 g/mol. The van der Waals surface area contributed by atoms with E-state index in [-0.39, 0.29) is 31.6 Å². The predicted octanol–water partition coefficient (Wildman–Crippen LogP) is 1.24. The van der Waals surface area contributed by atoms with E-state index in [2.05, 4.69) is 31.3 Å². The topological polar surface area (TPSA) is 171 Å². The predicted molar refractivity (Wildman–Crippen MR) is 138 cm³/mol. The molecule has 2 atom stereocenters. The Morgan fingerprint density at radius 3 is 2.33 bits per heavy atom. The third-order valence-electron chi connectivity index (χ3n) is 5.21. The van der Waals surface area contributed by atoms with Crippen LogP contribution >= 0.6 is 15.9 Å². The van der Waals surface area contributed by atoms with Crippen molar-refractivity contribution in [2.45, 2.75) is 44.8 Å². The zero-order chi connectivity index (χ0) is 26.7. The summed E-state index contributed by atoms with van der Waals surface area (Å²) >= 11 is 3.35. The number of nitrogens with zero attached hydrogens (tertiary/aromatic N) is 1. The number of nitriles is 1. The van der Waals surface area contributed by atoms with Crippen LogP contribution in [-0.4, -0.2) is 44.0 Å².